The van der Waals surface area contributed by atoms with Crippen LogP contribution in [0.2, 0.25) is 0 Å². The van der Waals surface area contributed by atoms with E-state index >= 15 is 0 Å². The molecular formula is C20H30O. The lowest BCUT2D eigenvalue weighted by Crippen LogP contribution is -2.56. The van der Waals surface area contributed by atoms with Gasteiger partial charge in [0, 0.05) is 5.41 Å². The summed E-state index contributed by atoms with van der Waals surface area (Å²) in [6, 6.07) is 0. The summed E-state index contributed by atoms with van der Waals surface area (Å²) in [6.07, 6.45) is 13.1. The van der Waals surface area contributed by atoms with Gasteiger partial charge in [0.15, 0.2) is 0 Å². The van der Waals surface area contributed by atoms with Gasteiger partial charge < -0.3 is 4.79 Å². The largest absolute Gasteiger partial charge is 0.303 e. The summed E-state index contributed by atoms with van der Waals surface area (Å²) < 4.78 is 0. The van der Waals surface area contributed by atoms with E-state index < -0.39 is 0 Å². The summed E-state index contributed by atoms with van der Waals surface area (Å²) in [5.41, 5.74) is 2.46. The van der Waals surface area contributed by atoms with E-state index in [1.54, 1.807) is 5.57 Å². The van der Waals surface area contributed by atoms with Crippen LogP contribution in [0.5, 0.6) is 0 Å². The molecule has 6 unspecified atom stereocenters. The van der Waals surface area contributed by atoms with Crippen molar-refractivity contribution < 1.29 is 4.79 Å². The zero-order valence-corrected chi connectivity index (χ0v) is 13.8. The predicted octanol–water partition coefficient (Wildman–Crippen LogP) is 5.15. The summed E-state index contributed by atoms with van der Waals surface area (Å²) in [5, 5.41) is 0. The fourth-order valence-electron chi connectivity index (χ4n) is 7.54. The van der Waals surface area contributed by atoms with Crippen molar-refractivity contribution in [2.75, 3.05) is 0 Å². The Bertz CT molecular complexity index is 494. The third-order valence-corrected chi connectivity index (χ3v) is 8.37. The standard InChI is InChI=1S/C20H30O/c1-14-11-20-10-7-16-18(2,13-21)8-4-9-19(16,3)17(20)6-5-15(14)12-20/h13,15-17H,1,4-12H2,2-3H3. The van der Waals surface area contributed by atoms with Crippen molar-refractivity contribution in [2.24, 2.45) is 34.0 Å². The number of hydrogen-bond donors (Lipinski definition) is 0. The van der Waals surface area contributed by atoms with Gasteiger partial charge >= 0.3 is 0 Å². The summed E-state index contributed by atoms with van der Waals surface area (Å²) >= 11 is 0. The lowest BCUT2D eigenvalue weighted by Gasteiger charge is -2.63. The monoisotopic (exact) mass is 286 g/mol. The predicted molar refractivity (Wildman–Crippen MR) is 85.9 cm³/mol. The van der Waals surface area contributed by atoms with Crippen LogP contribution in [0, 0.1) is 34.0 Å². The van der Waals surface area contributed by atoms with Gasteiger partial charge in [-0.05, 0) is 80.0 Å². The van der Waals surface area contributed by atoms with Crippen molar-refractivity contribution in [3.63, 3.8) is 0 Å². The second-order valence-corrected chi connectivity index (χ2v) is 9.30. The lowest BCUT2D eigenvalue weighted by atomic mass is 9.41. The zero-order chi connectivity index (χ0) is 14.9. The molecule has 0 radical (unpaired) electrons. The molecule has 0 aromatic carbocycles. The zero-order valence-electron chi connectivity index (χ0n) is 13.8. The van der Waals surface area contributed by atoms with Crippen LogP contribution in [0.15, 0.2) is 12.2 Å². The molecule has 0 amide bonds. The minimum atomic E-state index is -0.0545. The van der Waals surface area contributed by atoms with E-state index in [1.807, 2.05) is 0 Å². The molecule has 1 nitrogen and oxygen atoms in total. The Kier molecular flexibility index (Phi) is 2.83. The van der Waals surface area contributed by atoms with Gasteiger partial charge in [-0.1, -0.05) is 32.4 Å². The number of rotatable bonds is 1. The molecule has 4 fully saturated rings. The molecule has 0 aliphatic heterocycles. The van der Waals surface area contributed by atoms with Gasteiger partial charge in [0.25, 0.3) is 0 Å². The molecule has 0 N–H and O–H groups in total. The van der Waals surface area contributed by atoms with Crippen molar-refractivity contribution in [1.82, 2.24) is 0 Å². The van der Waals surface area contributed by atoms with Crippen LogP contribution in [0.1, 0.15) is 71.6 Å². The Morgan fingerprint density at radius 2 is 1.90 bits per heavy atom. The molecule has 4 rings (SSSR count). The minimum Gasteiger partial charge on any atom is -0.303 e. The van der Waals surface area contributed by atoms with Crippen LogP contribution in [0.3, 0.4) is 0 Å². The number of fused-ring (bicyclic) bond motifs is 3. The van der Waals surface area contributed by atoms with Crippen molar-refractivity contribution in [3.05, 3.63) is 12.2 Å². The van der Waals surface area contributed by atoms with Crippen molar-refractivity contribution >= 4 is 6.29 Å². The van der Waals surface area contributed by atoms with E-state index in [1.165, 1.54) is 57.7 Å². The van der Waals surface area contributed by atoms with Crippen molar-refractivity contribution in [3.8, 4) is 0 Å². The number of aldehydes is 1. The number of allylic oxidation sites excluding steroid dienone is 1. The van der Waals surface area contributed by atoms with E-state index in [9.17, 15) is 4.79 Å². The quantitative estimate of drug-likeness (QED) is 0.481. The van der Waals surface area contributed by atoms with Crippen LogP contribution in [-0.4, -0.2) is 6.29 Å². The molecule has 0 heterocycles. The number of carbonyl (C=O) groups is 1. The molecule has 2 bridgehead atoms. The topological polar surface area (TPSA) is 17.1 Å². The summed E-state index contributed by atoms with van der Waals surface area (Å²) in [6.45, 7) is 9.19. The fourth-order valence-corrected chi connectivity index (χ4v) is 7.54. The van der Waals surface area contributed by atoms with Gasteiger partial charge in [-0.2, -0.15) is 0 Å². The number of carbonyl (C=O) groups excluding carboxylic acids is 1. The molecule has 1 heteroatoms. The van der Waals surface area contributed by atoms with Crippen LogP contribution >= 0.6 is 0 Å². The average Bonchev–Trinajstić information content (AvgIpc) is 2.68. The van der Waals surface area contributed by atoms with E-state index in [-0.39, 0.29) is 5.41 Å². The molecule has 4 saturated carbocycles. The fraction of sp³-hybridized carbons (Fsp3) is 0.850. The maximum atomic E-state index is 11.8. The second-order valence-electron chi connectivity index (χ2n) is 9.30. The smallest absolute Gasteiger partial charge is 0.126 e. The highest BCUT2D eigenvalue weighted by molar-refractivity contribution is 5.60. The first kappa shape index (κ1) is 14.0. The summed E-state index contributed by atoms with van der Waals surface area (Å²) in [4.78, 5) is 11.8. The van der Waals surface area contributed by atoms with Crippen LogP contribution in [0.4, 0.5) is 0 Å². The third kappa shape index (κ3) is 1.67. The Morgan fingerprint density at radius 3 is 2.67 bits per heavy atom. The SMILES string of the molecule is C=C1CC23CCC4C(C)(C=O)CCCC4(C)C2CCC1C3. The molecule has 0 aromatic rings. The minimum absolute atomic E-state index is 0.0545. The Morgan fingerprint density at radius 1 is 1.10 bits per heavy atom. The molecule has 0 saturated heterocycles. The summed E-state index contributed by atoms with van der Waals surface area (Å²) in [7, 11) is 0. The highest BCUT2D eigenvalue weighted by Crippen LogP contribution is 2.71. The lowest BCUT2D eigenvalue weighted by molar-refractivity contribution is -0.157. The van der Waals surface area contributed by atoms with Crippen LogP contribution in [0.25, 0.3) is 0 Å². The van der Waals surface area contributed by atoms with Crippen LogP contribution in [-0.2, 0) is 4.79 Å². The number of hydrogen-bond acceptors (Lipinski definition) is 1. The maximum Gasteiger partial charge on any atom is 0.126 e. The van der Waals surface area contributed by atoms with Crippen molar-refractivity contribution in [2.45, 2.75) is 71.6 Å². The molecule has 21 heavy (non-hydrogen) atoms. The van der Waals surface area contributed by atoms with Gasteiger partial charge in [0.2, 0.25) is 0 Å². The first-order valence-electron chi connectivity index (χ1n) is 9.08. The van der Waals surface area contributed by atoms with Gasteiger partial charge in [0.05, 0.1) is 0 Å². The van der Waals surface area contributed by atoms with E-state index in [0.29, 0.717) is 16.7 Å². The van der Waals surface area contributed by atoms with Gasteiger partial charge in [-0.25, -0.2) is 0 Å². The molecule has 116 valence electrons. The molecule has 6 atom stereocenters. The van der Waals surface area contributed by atoms with Gasteiger partial charge in [0.1, 0.15) is 6.29 Å². The Balaban J connectivity index is 1.75. The highest BCUT2D eigenvalue weighted by atomic mass is 16.1. The van der Waals surface area contributed by atoms with Gasteiger partial charge in [-0.15, -0.1) is 0 Å². The van der Waals surface area contributed by atoms with Crippen LogP contribution < -0.4 is 0 Å². The molecule has 1 spiro atoms. The third-order valence-electron chi connectivity index (χ3n) is 8.37. The molecule has 4 aliphatic carbocycles. The first-order valence-corrected chi connectivity index (χ1v) is 9.08. The van der Waals surface area contributed by atoms with E-state index in [0.717, 1.165) is 18.3 Å². The highest BCUT2D eigenvalue weighted by Gasteiger charge is 2.63. The summed E-state index contributed by atoms with van der Waals surface area (Å²) in [5.74, 6) is 2.29. The normalized spacial score (nSPS) is 55.7. The molecule has 0 aromatic heterocycles. The first-order chi connectivity index (χ1) is 9.94. The Labute approximate surface area is 129 Å². The van der Waals surface area contributed by atoms with Crippen molar-refractivity contribution in [1.29, 1.82) is 0 Å². The average molecular weight is 286 g/mol. The molecule has 4 aliphatic rings. The second kappa shape index (κ2) is 4.24. The van der Waals surface area contributed by atoms with Gasteiger partial charge in [-0.3, -0.25) is 0 Å². The van der Waals surface area contributed by atoms with E-state index in [2.05, 4.69) is 20.4 Å². The molecular weight excluding hydrogens is 256 g/mol. The van der Waals surface area contributed by atoms with E-state index in [4.69, 9.17) is 0 Å². The Hall–Kier alpha value is -0.590. The maximum absolute atomic E-state index is 11.8.